The smallest absolute Gasteiger partial charge is 0.251 e. The Morgan fingerprint density at radius 1 is 1.17 bits per heavy atom. The molecule has 122 valence electrons. The van der Waals surface area contributed by atoms with Gasteiger partial charge in [-0.2, -0.15) is 0 Å². The van der Waals surface area contributed by atoms with E-state index in [9.17, 15) is 13.2 Å². The maximum atomic E-state index is 12.3. The van der Waals surface area contributed by atoms with E-state index >= 15 is 0 Å². The second-order valence-electron chi connectivity index (χ2n) is 5.02. The quantitative estimate of drug-likeness (QED) is 0.841. The van der Waals surface area contributed by atoms with E-state index in [4.69, 9.17) is 0 Å². The predicted octanol–water partition coefficient (Wildman–Crippen LogP) is 1.62. The van der Waals surface area contributed by atoms with Gasteiger partial charge >= 0.3 is 0 Å². The lowest BCUT2D eigenvalue weighted by atomic mass is 10.1. The number of sulfonamides is 1. The number of pyridine rings is 1. The molecule has 1 amide bonds. The molecule has 0 aliphatic carbocycles. The zero-order valence-corrected chi connectivity index (χ0v) is 13.9. The first kappa shape index (κ1) is 17.1. The van der Waals surface area contributed by atoms with E-state index < -0.39 is 10.0 Å². The Labute approximate surface area is 136 Å². The minimum absolute atomic E-state index is 0.0824. The van der Waals surface area contributed by atoms with Crippen LogP contribution in [0.1, 0.15) is 28.4 Å². The molecule has 0 spiro atoms. The molecule has 2 rings (SSSR count). The van der Waals surface area contributed by atoms with Gasteiger partial charge in [-0.3, -0.25) is 9.78 Å². The van der Waals surface area contributed by atoms with Crippen molar-refractivity contribution in [3.63, 3.8) is 0 Å². The number of benzene rings is 1. The summed E-state index contributed by atoms with van der Waals surface area (Å²) in [5.41, 5.74) is 1.98. The molecule has 7 heteroatoms. The van der Waals surface area contributed by atoms with Crippen LogP contribution in [0.25, 0.3) is 0 Å². The fourth-order valence-corrected chi connectivity index (χ4v) is 3.13. The van der Waals surface area contributed by atoms with Gasteiger partial charge in [0.15, 0.2) is 0 Å². The molecule has 0 aliphatic rings. The number of nitrogens with zero attached hydrogens (tertiary/aromatic N) is 1. The van der Waals surface area contributed by atoms with Gasteiger partial charge in [0, 0.05) is 31.0 Å². The second kappa shape index (κ2) is 7.34. The molecule has 0 saturated carbocycles. The van der Waals surface area contributed by atoms with Crippen LogP contribution in [0.3, 0.4) is 0 Å². The number of carbonyl (C=O) groups is 1. The van der Waals surface area contributed by atoms with Gasteiger partial charge in [-0.05, 0) is 42.3 Å². The summed E-state index contributed by atoms with van der Waals surface area (Å²) in [5.74, 6) is -0.312. The first-order valence-electron chi connectivity index (χ1n) is 7.21. The Kier molecular flexibility index (Phi) is 5.46. The number of rotatable bonds is 6. The fourth-order valence-electron chi connectivity index (χ4n) is 2.06. The maximum absolute atomic E-state index is 12.3. The van der Waals surface area contributed by atoms with Crippen molar-refractivity contribution >= 4 is 15.9 Å². The van der Waals surface area contributed by atoms with Crippen molar-refractivity contribution in [2.75, 3.05) is 6.54 Å². The van der Waals surface area contributed by atoms with Crippen molar-refractivity contribution in [3.05, 3.63) is 59.4 Å². The van der Waals surface area contributed by atoms with Crippen LogP contribution in [0.15, 0.2) is 47.6 Å². The lowest BCUT2D eigenvalue weighted by molar-refractivity contribution is 0.0950. The highest BCUT2D eigenvalue weighted by molar-refractivity contribution is 7.89. The van der Waals surface area contributed by atoms with E-state index in [1.165, 1.54) is 12.1 Å². The number of aromatic nitrogens is 1. The van der Waals surface area contributed by atoms with Gasteiger partial charge in [0.25, 0.3) is 5.91 Å². The molecule has 0 radical (unpaired) electrons. The van der Waals surface area contributed by atoms with Crippen molar-refractivity contribution in [2.24, 2.45) is 0 Å². The van der Waals surface area contributed by atoms with E-state index in [1.54, 1.807) is 44.4 Å². The molecule has 1 aromatic carbocycles. The Morgan fingerprint density at radius 3 is 2.52 bits per heavy atom. The summed E-state index contributed by atoms with van der Waals surface area (Å²) in [7, 11) is -3.59. The third-order valence-electron chi connectivity index (χ3n) is 3.30. The minimum atomic E-state index is -3.59. The van der Waals surface area contributed by atoms with Gasteiger partial charge < -0.3 is 5.32 Å². The van der Waals surface area contributed by atoms with Gasteiger partial charge in [-0.25, -0.2) is 13.1 Å². The largest absolute Gasteiger partial charge is 0.348 e. The number of hydrogen-bond acceptors (Lipinski definition) is 4. The summed E-state index contributed by atoms with van der Waals surface area (Å²) in [6, 6.07) is 8.13. The molecule has 2 aromatic rings. The molecular weight excluding hydrogens is 314 g/mol. The number of amides is 1. The van der Waals surface area contributed by atoms with Gasteiger partial charge in [0.1, 0.15) is 0 Å². The number of carbonyl (C=O) groups excluding carboxylic acids is 1. The van der Waals surface area contributed by atoms with Crippen molar-refractivity contribution in [2.45, 2.75) is 25.3 Å². The van der Waals surface area contributed by atoms with Gasteiger partial charge in [-0.1, -0.05) is 13.0 Å². The first-order chi connectivity index (χ1) is 10.9. The average molecular weight is 333 g/mol. The van der Waals surface area contributed by atoms with E-state index in [-0.39, 0.29) is 10.8 Å². The van der Waals surface area contributed by atoms with Crippen molar-refractivity contribution in [1.29, 1.82) is 0 Å². The van der Waals surface area contributed by atoms with Crippen molar-refractivity contribution in [3.8, 4) is 0 Å². The molecule has 0 saturated heterocycles. The lowest BCUT2D eigenvalue weighted by Gasteiger charge is -2.10. The van der Waals surface area contributed by atoms with Crippen LogP contribution >= 0.6 is 0 Å². The molecule has 0 fully saturated rings. The van der Waals surface area contributed by atoms with Gasteiger partial charge in [0.05, 0.1) is 4.90 Å². The van der Waals surface area contributed by atoms with Gasteiger partial charge in [0.2, 0.25) is 10.0 Å². The number of nitrogens with one attached hydrogen (secondary N) is 2. The predicted molar refractivity (Wildman–Crippen MR) is 87.4 cm³/mol. The molecule has 23 heavy (non-hydrogen) atoms. The maximum Gasteiger partial charge on any atom is 0.251 e. The highest BCUT2D eigenvalue weighted by Crippen LogP contribution is 2.16. The molecule has 6 nitrogen and oxygen atoms in total. The van der Waals surface area contributed by atoms with Crippen LogP contribution in [0.2, 0.25) is 0 Å². The van der Waals surface area contributed by atoms with Crippen LogP contribution in [-0.4, -0.2) is 25.9 Å². The third kappa shape index (κ3) is 4.37. The SMILES string of the molecule is CCNS(=O)(=O)c1ccc(C)c(C(=O)NCc2ccncc2)c1. The molecule has 0 unspecified atom stereocenters. The molecule has 1 aromatic heterocycles. The summed E-state index contributed by atoms with van der Waals surface area (Å²) < 4.78 is 26.5. The van der Waals surface area contributed by atoms with Crippen LogP contribution in [0.4, 0.5) is 0 Å². The molecule has 1 heterocycles. The molecular formula is C16H19N3O3S. The van der Waals surface area contributed by atoms with E-state index in [1.807, 2.05) is 0 Å². The molecule has 2 N–H and O–H groups in total. The molecule has 0 aliphatic heterocycles. The van der Waals surface area contributed by atoms with Crippen LogP contribution < -0.4 is 10.0 Å². The average Bonchev–Trinajstić information content (AvgIpc) is 2.53. The first-order valence-corrected chi connectivity index (χ1v) is 8.70. The van der Waals surface area contributed by atoms with Crippen molar-refractivity contribution in [1.82, 2.24) is 15.0 Å². The second-order valence-corrected chi connectivity index (χ2v) is 6.78. The Balaban J connectivity index is 2.20. The summed E-state index contributed by atoms with van der Waals surface area (Å²) in [5, 5.41) is 2.78. The highest BCUT2D eigenvalue weighted by Gasteiger charge is 2.17. The Morgan fingerprint density at radius 2 is 1.87 bits per heavy atom. The summed E-state index contributed by atoms with van der Waals surface area (Å²) in [6.45, 7) is 4.11. The van der Waals surface area contributed by atoms with E-state index in [0.717, 1.165) is 5.56 Å². The normalized spacial score (nSPS) is 11.2. The summed E-state index contributed by atoms with van der Waals surface area (Å²) >= 11 is 0. The number of aryl methyl sites for hydroxylation is 1. The monoisotopic (exact) mass is 333 g/mol. The van der Waals surface area contributed by atoms with E-state index in [2.05, 4.69) is 15.0 Å². The molecule has 0 bridgehead atoms. The van der Waals surface area contributed by atoms with E-state index in [0.29, 0.717) is 24.2 Å². The van der Waals surface area contributed by atoms with Crippen LogP contribution in [0, 0.1) is 6.92 Å². The number of hydrogen-bond donors (Lipinski definition) is 2. The van der Waals surface area contributed by atoms with Gasteiger partial charge in [-0.15, -0.1) is 0 Å². The Bertz CT molecular complexity index is 789. The summed E-state index contributed by atoms with van der Waals surface area (Å²) in [4.78, 5) is 16.3. The zero-order chi connectivity index (χ0) is 16.9. The topological polar surface area (TPSA) is 88.2 Å². The highest BCUT2D eigenvalue weighted by atomic mass is 32.2. The van der Waals surface area contributed by atoms with Crippen LogP contribution in [0.5, 0.6) is 0 Å². The summed E-state index contributed by atoms with van der Waals surface area (Å²) in [6.07, 6.45) is 3.30. The molecule has 0 atom stereocenters. The fraction of sp³-hybridized carbons (Fsp3) is 0.250. The third-order valence-corrected chi connectivity index (χ3v) is 4.84. The van der Waals surface area contributed by atoms with Crippen molar-refractivity contribution < 1.29 is 13.2 Å². The standard InChI is InChI=1S/C16H19N3O3S/c1-3-19-23(21,22)14-5-4-12(2)15(10-14)16(20)18-11-13-6-8-17-9-7-13/h4-10,19H,3,11H2,1-2H3,(H,18,20). The minimum Gasteiger partial charge on any atom is -0.348 e. The van der Waals surface area contributed by atoms with Crippen LogP contribution in [-0.2, 0) is 16.6 Å². The lowest BCUT2D eigenvalue weighted by Crippen LogP contribution is -2.26. The Hall–Kier alpha value is -2.25. The zero-order valence-electron chi connectivity index (χ0n) is 13.0.